The van der Waals surface area contributed by atoms with E-state index in [0.717, 1.165) is 11.4 Å². The number of hydrogen-bond acceptors (Lipinski definition) is 6. The molecule has 0 aliphatic heterocycles. The van der Waals surface area contributed by atoms with Crippen molar-refractivity contribution in [3.63, 3.8) is 0 Å². The van der Waals surface area contributed by atoms with E-state index in [1.54, 1.807) is 49.6 Å². The molecule has 0 aliphatic carbocycles. The highest BCUT2D eigenvalue weighted by molar-refractivity contribution is 6.02. The number of furan rings is 1. The summed E-state index contributed by atoms with van der Waals surface area (Å²) in [6.45, 7) is 2.25. The highest BCUT2D eigenvalue weighted by Crippen LogP contribution is 2.16. The van der Waals surface area contributed by atoms with E-state index in [9.17, 15) is 4.79 Å². The lowest BCUT2D eigenvalue weighted by atomic mass is 10.3. The molecule has 4 N–H and O–H groups in total. The van der Waals surface area contributed by atoms with Crippen molar-refractivity contribution in [3.05, 3.63) is 66.0 Å². The van der Waals surface area contributed by atoms with E-state index in [2.05, 4.69) is 20.6 Å². The SMILES string of the molecule is Cc1ccc(C(=O)Nc2ccnc(CNc3cccnc3N)c2)o1. The lowest BCUT2D eigenvalue weighted by Gasteiger charge is -2.09. The second kappa shape index (κ2) is 6.82. The third kappa shape index (κ3) is 3.70. The number of hydrogen-bond donors (Lipinski definition) is 3. The molecule has 0 aliphatic rings. The van der Waals surface area contributed by atoms with Crippen molar-refractivity contribution in [2.24, 2.45) is 0 Å². The van der Waals surface area contributed by atoms with E-state index in [-0.39, 0.29) is 11.7 Å². The van der Waals surface area contributed by atoms with Crippen LogP contribution in [-0.4, -0.2) is 15.9 Å². The molecular formula is C17H17N5O2. The van der Waals surface area contributed by atoms with Gasteiger partial charge in [0, 0.05) is 18.1 Å². The van der Waals surface area contributed by atoms with E-state index >= 15 is 0 Å². The highest BCUT2D eigenvalue weighted by Gasteiger charge is 2.10. The number of anilines is 3. The van der Waals surface area contributed by atoms with Crippen LogP contribution in [0.1, 0.15) is 22.0 Å². The zero-order valence-corrected chi connectivity index (χ0v) is 13.1. The van der Waals surface area contributed by atoms with Crippen molar-refractivity contribution in [1.29, 1.82) is 0 Å². The van der Waals surface area contributed by atoms with Gasteiger partial charge < -0.3 is 20.8 Å². The average molecular weight is 323 g/mol. The Morgan fingerprint density at radius 3 is 2.83 bits per heavy atom. The molecular weight excluding hydrogens is 306 g/mol. The molecule has 0 bridgehead atoms. The minimum absolute atomic E-state index is 0.270. The van der Waals surface area contributed by atoms with Crippen molar-refractivity contribution < 1.29 is 9.21 Å². The zero-order valence-electron chi connectivity index (χ0n) is 13.1. The van der Waals surface area contributed by atoms with Crippen molar-refractivity contribution in [2.45, 2.75) is 13.5 Å². The van der Waals surface area contributed by atoms with Gasteiger partial charge in [0.25, 0.3) is 5.91 Å². The van der Waals surface area contributed by atoms with Gasteiger partial charge in [0.1, 0.15) is 11.6 Å². The summed E-state index contributed by atoms with van der Waals surface area (Å²) in [6, 6.07) is 10.5. The normalized spacial score (nSPS) is 10.4. The predicted molar refractivity (Wildman–Crippen MR) is 91.6 cm³/mol. The highest BCUT2D eigenvalue weighted by atomic mass is 16.3. The minimum Gasteiger partial charge on any atom is -0.456 e. The molecule has 3 rings (SSSR count). The number of nitrogens with one attached hydrogen (secondary N) is 2. The molecule has 7 heteroatoms. The monoisotopic (exact) mass is 323 g/mol. The number of aromatic nitrogens is 2. The van der Waals surface area contributed by atoms with E-state index in [0.29, 0.717) is 23.8 Å². The molecule has 0 aromatic carbocycles. The van der Waals surface area contributed by atoms with Gasteiger partial charge in [0.2, 0.25) is 0 Å². The minimum atomic E-state index is -0.301. The average Bonchev–Trinajstić information content (AvgIpc) is 3.01. The molecule has 3 aromatic rings. The number of nitrogens with zero attached hydrogens (tertiary/aromatic N) is 2. The summed E-state index contributed by atoms with van der Waals surface area (Å²) in [7, 11) is 0. The summed E-state index contributed by atoms with van der Waals surface area (Å²) in [4.78, 5) is 20.4. The van der Waals surface area contributed by atoms with Gasteiger partial charge in [0.05, 0.1) is 17.9 Å². The van der Waals surface area contributed by atoms with Crippen molar-refractivity contribution in [2.75, 3.05) is 16.4 Å². The molecule has 1 amide bonds. The third-order valence-corrected chi connectivity index (χ3v) is 3.34. The van der Waals surface area contributed by atoms with Crippen molar-refractivity contribution in [3.8, 4) is 0 Å². The molecule has 24 heavy (non-hydrogen) atoms. The predicted octanol–water partition coefficient (Wildman–Crippen LogP) is 2.82. The molecule has 3 heterocycles. The van der Waals surface area contributed by atoms with Gasteiger partial charge >= 0.3 is 0 Å². The van der Waals surface area contributed by atoms with E-state index in [1.165, 1.54) is 0 Å². The molecule has 0 spiro atoms. The van der Waals surface area contributed by atoms with Crippen LogP contribution in [0, 0.1) is 6.92 Å². The molecule has 0 unspecified atom stereocenters. The number of nitrogen functional groups attached to an aromatic ring is 1. The van der Waals surface area contributed by atoms with Crippen LogP contribution in [0.2, 0.25) is 0 Å². The standard InChI is InChI=1S/C17H17N5O2/c1-11-4-5-15(24-11)17(23)22-12-6-8-19-13(9-12)10-21-14-3-2-7-20-16(14)18/h2-9,21H,10H2,1H3,(H2,18,20)(H,19,22,23). The fraction of sp³-hybridized carbons (Fsp3) is 0.118. The van der Waals surface area contributed by atoms with Crippen LogP contribution >= 0.6 is 0 Å². The molecule has 7 nitrogen and oxygen atoms in total. The van der Waals surface area contributed by atoms with Crippen LogP contribution in [0.15, 0.2) is 53.2 Å². The van der Waals surface area contributed by atoms with Gasteiger partial charge in [-0.1, -0.05) is 0 Å². The van der Waals surface area contributed by atoms with Gasteiger partial charge in [-0.2, -0.15) is 0 Å². The first-order chi connectivity index (χ1) is 11.6. The van der Waals surface area contributed by atoms with Crippen molar-refractivity contribution >= 4 is 23.1 Å². The largest absolute Gasteiger partial charge is 0.456 e. The molecule has 122 valence electrons. The fourth-order valence-electron chi connectivity index (χ4n) is 2.15. The summed E-state index contributed by atoms with van der Waals surface area (Å²) in [5.74, 6) is 1.08. The summed E-state index contributed by atoms with van der Waals surface area (Å²) < 4.78 is 5.31. The van der Waals surface area contributed by atoms with Gasteiger partial charge in [0.15, 0.2) is 5.76 Å². The summed E-state index contributed by atoms with van der Waals surface area (Å²) >= 11 is 0. The number of rotatable bonds is 5. The van der Waals surface area contributed by atoms with Gasteiger partial charge in [-0.05, 0) is 43.3 Å². The molecule has 0 fully saturated rings. The second-order valence-corrected chi connectivity index (χ2v) is 5.19. The number of nitrogens with two attached hydrogens (primary N) is 1. The number of carbonyl (C=O) groups is 1. The van der Waals surface area contributed by atoms with Crippen LogP contribution in [0.3, 0.4) is 0 Å². The first-order valence-corrected chi connectivity index (χ1v) is 7.39. The van der Waals surface area contributed by atoms with Gasteiger partial charge in [-0.25, -0.2) is 4.98 Å². The van der Waals surface area contributed by atoms with E-state index < -0.39 is 0 Å². The Labute approximate surface area is 138 Å². The molecule has 0 atom stereocenters. The van der Waals surface area contributed by atoms with E-state index in [4.69, 9.17) is 10.2 Å². The Morgan fingerprint density at radius 1 is 1.21 bits per heavy atom. The van der Waals surface area contributed by atoms with E-state index in [1.807, 2.05) is 6.07 Å². The Morgan fingerprint density at radius 2 is 2.08 bits per heavy atom. The third-order valence-electron chi connectivity index (χ3n) is 3.34. The molecule has 0 saturated carbocycles. The number of carbonyl (C=O) groups excluding carboxylic acids is 1. The first-order valence-electron chi connectivity index (χ1n) is 7.39. The smallest absolute Gasteiger partial charge is 0.291 e. The maximum atomic E-state index is 12.1. The van der Waals surface area contributed by atoms with Crippen LogP contribution in [-0.2, 0) is 6.54 Å². The van der Waals surface area contributed by atoms with Crippen LogP contribution in [0.25, 0.3) is 0 Å². The zero-order chi connectivity index (χ0) is 16.9. The molecule has 0 radical (unpaired) electrons. The fourth-order valence-corrected chi connectivity index (χ4v) is 2.15. The van der Waals surface area contributed by atoms with Crippen LogP contribution in [0.5, 0.6) is 0 Å². The summed E-state index contributed by atoms with van der Waals surface area (Å²) in [5, 5.41) is 5.95. The summed E-state index contributed by atoms with van der Waals surface area (Å²) in [6.07, 6.45) is 3.26. The van der Waals surface area contributed by atoms with Gasteiger partial charge in [-0.15, -0.1) is 0 Å². The molecule has 3 aromatic heterocycles. The number of aryl methyl sites for hydroxylation is 1. The lowest BCUT2D eigenvalue weighted by molar-refractivity contribution is 0.0995. The first kappa shape index (κ1) is 15.5. The Hall–Kier alpha value is -3.35. The topological polar surface area (TPSA) is 106 Å². The molecule has 0 saturated heterocycles. The van der Waals surface area contributed by atoms with Gasteiger partial charge in [-0.3, -0.25) is 9.78 Å². The Bertz CT molecular complexity index is 859. The maximum Gasteiger partial charge on any atom is 0.291 e. The summed E-state index contributed by atoms with van der Waals surface area (Å²) in [5.41, 5.74) is 7.92. The quantitative estimate of drug-likeness (QED) is 0.666. The van der Waals surface area contributed by atoms with Crippen LogP contribution in [0.4, 0.5) is 17.2 Å². The lowest BCUT2D eigenvalue weighted by Crippen LogP contribution is -2.12. The number of pyridine rings is 2. The second-order valence-electron chi connectivity index (χ2n) is 5.19. The Kier molecular flexibility index (Phi) is 4.42. The maximum absolute atomic E-state index is 12.1. The van der Waals surface area contributed by atoms with Crippen molar-refractivity contribution in [1.82, 2.24) is 9.97 Å². The van der Waals surface area contributed by atoms with Crippen LogP contribution < -0.4 is 16.4 Å². The Balaban J connectivity index is 1.66. The number of amides is 1.